The zero-order valence-corrected chi connectivity index (χ0v) is 10.3. The van der Waals surface area contributed by atoms with Gasteiger partial charge in [-0.15, -0.1) is 0 Å². The van der Waals surface area contributed by atoms with Gasteiger partial charge in [0.25, 0.3) is 0 Å². The van der Waals surface area contributed by atoms with E-state index in [2.05, 4.69) is 0 Å². The second-order valence-electron chi connectivity index (χ2n) is 4.37. The van der Waals surface area contributed by atoms with Gasteiger partial charge in [0.05, 0.1) is 19.3 Å². The molecule has 6 nitrogen and oxygen atoms in total. The van der Waals surface area contributed by atoms with Gasteiger partial charge in [-0.25, -0.2) is 4.79 Å². The van der Waals surface area contributed by atoms with Crippen molar-refractivity contribution in [3.05, 3.63) is 0 Å². The number of nitrogens with two attached hydrogens (primary N) is 1. The van der Waals surface area contributed by atoms with E-state index < -0.39 is 18.1 Å². The molecule has 0 aliphatic carbocycles. The van der Waals surface area contributed by atoms with Crippen LogP contribution in [0.4, 0.5) is 0 Å². The lowest BCUT2D eigenvalue weighted by molar-refractivity contribution is -0.159. The fourth-order valence-electron chi connectivity index (χ4n) is 1.76. The van der Waals surface area contributed by atoms with Crippen LogP contribution < -0.4 is 5.73 Å². The van der Waals surface area contributed by atoms with Crippen molar-refractivity contribution >= 4 is 11.9 Å². The zero-order chi connectivity index (χ0) is 13.0. The van der Waals surface area contributed by atoms with Gasteiger partial charge in [0, 0.05) is 6.54 Å². The summed E-state index contributed by atoms with van der Waals surface area (Å²) in [7, 11) is 0. The summed E-state index contributed by atoms with van der Waals surface area (Å²) < 4.78 is 5.07. The highest BCUT2D eigenvalue weighted by molar-refractivity contribution is 5.87. The largest absolute Gasteiger partial charge is 0.480 e. The maximum Gasteiger partial charge on any atom is 0.328 e. The van der Waals surface area contributed by atoms with Crippen LogP contribution in [0.2, 0.25) is 0 Å². The molecule has 98 valence electrons. The van der Waals surface area contributed by atoms with Crippen molar-refractivity contribution in [2.24, 2.45) is 11.7 Å². The lowest BCUT2D eigenvalue weighted by Crippen LogP contribution is -2.58. The van der Waals surface area contributed by atoms with Gasteiger partial charge < -0.3 is 20.5 Å². The van der Waals surface area contributed by atoms with Crippen molar-refractivity contribution < 1.29 is 19.4 Å². The van der Waals surface area contributed by atoms with Gasteiger partial charge in [0.2, 0.25) is 5.91 Å². The molecule has 2 unspecified atom stereocenters. The molecule has 3 N–H and O–H groups in total. The zero-order valence-electron chi connectivity index (χ0n) is 10.3. The van der Waals surface area contributed by atoms with Gasteiger partial charge >= 0.3 is 5.97 Å². The van der Waals surface area contributed by atoms with E-state index in [9.17, 15) is 9.59 Å². The molecule has 0 aromatic carbocycles. The van der Waals surface area contributed by atoms with Gasteiger partial charge in [0.1, 0.15) is 0 Å². The lowest BCUT2D eigenvalue weighted by Gasteiger charge is -2.35. The number of rotatable bonds is 4. The van der Waals surface area contributed by atoms with Crippen LogP contribution in [0.25, 0.3) is 0 Å². The summed E-state index contributed by atoms with van der Waals surface area (Å²) in [5, 5.41) is 9.02. The Morgan fingerprint density at radius 1 is 1.59 bits per heavy atom. The summed E-state index contributed by atoms with van der Waals surface area (Å²) in [5.74, 6) is -1.30. The number of hydrogen-bond donors (Lipinski definition) is 2. The molecular weight excluding hydrogens is 224 g/mol. The molecule has 1 aliphatic rings. The Morgan fingerprint density at radius 3 is 2.76 bits per heavy atom. The summed E-state index contributed by atoms with van der Waals surface area (Å²) >= 11 is 0. The number of ether oxygens (including phenoxy) is 1. The van der Waals surface area contributed by atoms with Gasteiger partial charge in [0.15, 0.2) is 6.04 Å². The van der Waals surface area contributed by atoms with E-state index >= 15 is 0 Å². The van der Waals surface area contributed by atoms with E-state index in [4.69, 9.17) is 15.6 Å². The molecule has 0 saturated carbocycles. The maximum absolute atomic E-state index is 12.1. The molecule has 0 aromatic rings. The highest BCUT2D eigenvalue weighted by Gasteiger charge is 2.36. The van der Waals surface area contributed by atoms with Crippen molar-refractivity contribution in [3.8, 4) is 0 Å². The average molecular weight is 244 g/mol. The summed E-state index contributed by atoms with van der Waals surface area (Å²) in [6.07, 6.45) is 0.787. The maximum atomic E-state index is 12.1. The number of carbonyl (C=O) groups is 2. The van der Waals surface area contributed by atoms with Crippen LogP contribution in [0.3, 0.4) is 0 Å². The molecule has 1 saturated heterocycles. The summed E-state index contributed by atoms with van der Waals surface area (Å²) in [6.45, 7) is 4.53. The monoisotopic (exact) mass is 244 g/mol. The summed E-state index contributed by atoms with van der Waals surface area (Å²) in [6, 6.07) is -1.55. The van der Waals surface area contributed by atoms with Crippen LogP contribution in [-0.2, 0) is 14.3 Å². The molecular formula is C11H20N2O4. The van der Waals surface area contributed by atoms with Crippen LogP contribution in [0.5, 0.6) is 0 Å². The van der Waals surface area contributed by atoms with Crippen molar-refractivity contribution in [2.45, 2.75) is 32.4 Å². The molecule has 1 amide bonds. The first-order valence-electron chi connectivity index (χ1n) is 5.85. The third kappa shape index (κ3) is 3.17. The molecule has 0 radical (unpaired) electrons. The number of aliphatic carboxylic acids is 1. The Bertz CT molecular complexity index is 295. The molecule has 17 heavy (non-hydrogen) atoms. The van der Waals surface area contributed by atoms with Gasteiger partial charge in [-0.1, -0.05) is 20.3 Å². The van der Waals surface area contributed by atoms with E-state index in [0.717, 1.165) is 6.42 Å². The summed E-state index contributed by atoms with van der Waals surface area (Å²) in [5.41, 5.74) is 5.84. The number of hydrogen-bond acceptors (Lipinski definition) is 4. The molecule has 3 atom stereocenters. The second-order valence-corrected chi connectivity index (χ2v) is 4.37. The SMILES string of the molecule is CCC(C)[C@H](N)C(=O)N1CCOCC1C(=O)O. The highest BCUT2D eigenvalue weighted by atomic mass is 16.5. The smallest absolute Gasteiger partial charge is 0.328 e. The number of carboxylic acid groups (broad SMARTS) is 1. The Kier molecular flexibility index (Phi) is 4.89. The average Bonchev–Trinajstić information content (AvgIpc) is 2.35. The number of amides is 1. The first-order chi connectivity index (χ1) is 7.99. The second kappa shape index (κ2) is 5.97. The third-order valence-electron chi connectivity index (χ3n) is 3.24. The van der Waals surface area contributed by atoms with Crippen LogP contribution in [0, 0.1) is 5.92 Å². The lowest BCUT2D eigenvalue weighted by atomic mass is 9.98. The van der Waals surface area contributed by atoms with Crippen molar-refractivity contribution in [1.82, 2.24) is 4.90 Å². The molecule has 1 heterocycles. The minimum Gasteiger partial charge on any atom is -0.480 e. The third-order valence-corrected chi connectivity index (χ3v) is 3.24. The molecule has 1 rings (SSSR count). The van der Waals surface area contributed by atoms with Gasteiger partial charge in [-0.3, -0.25) is 4.79 Å². The van der Waals surface area contributed by atoms with Crippen molar-refractivity contribution in [3.63, 3.8) is 0 Å². The highest BCUT2D eigenvalue weighted by Crippen LogP contribution is 2.13. The van der Waals surface area contributed by atoms with Crippen LogP contribution in [0.15, 0.2) is 0 Å². The number of nitrogens with zero attached hydrogens (tertiary/aromatic N) is 1. The first-order valence-corrected chi connectivity index (χ1v) is 5.85. The normalized spacial score (nSPS) is 24.2. The quantitative estimate of drug-likeness (QED) is 0.706. The van der Waals surface area contributed by atoms with Gasteiger partial charge in [-0.05, 0) is 5.92 Å². The van der Waals surface area contributed by atoms with Crippen LogP contribution >= 0.6 is 0 Å². The van der Waals surface area contributed by atoms with Crippen molar-refractivity contribution in [1.29, 1.82) is 0 Å². The Labute approximate surface area is 101 Å². The van der Waals surface area contributed by atoms with E-state index in [1.54, 1.807) is 0 Å². The Morgan fingerprint density at radius 2 is 2.24 bits per heavy atom. The van der Waals surface area contributed by atoms with Crippen LogP contribution in [0.1, 0.15) is 20.3 Å². The minimum absolute atomic E-state index is 0.0360. The Hall–Kier alpha value is -1.14. The van der Waals surface area contributed by atoms with E-state index in [1.807, 2.05) is 13.8 Å². The molecule has 1 aliphatic heterocycles. The van der Waals surface area contributed by atoms with E-state index in [1.165, 1.54) is 4.90 Å². The fourth-order valence-corrected chi connectivity index (χ4v) is 1.76. The van der Waals surface area contributed by atoms with Crippen LogP contribution in [-0.4, -0.2) is 53.7 Å². The number of morpholine rings is 1. The minimum atomic E-state index is -1.05. The Balaban J connectivity index is 2.74. The van der Waals surface area contributed by atoms with Gasteiger partial charge in [-0.2, -0.15) is 0 Å². The fraction of sp³-hybridized carbons (Fsp3) is 0.818. The number of carbonyl (C=O) groups excluding carboxylic acids is 1. The molecule has 0 bridgehead atoms. The number of carboxylic acids is 1. The molecule has 6 heteroatoms. The predicted octanol–water partition coefficient (Wildman–Crippen LogP) is -0.328. The molecule has 1 fully saturated rings. The standard InChI is InChI=1S/C11H20N2O4/c1-3-7(2)9(12)10(14)13-4-5-17-6-8(13)11(15)16/h7-9H,3-6,12H2,1-2H3,(H,15,16)/t7?,8?,9-/m0/s1. The predicted molar refractivity (Wildman–Crippen MR) is 61.4 cm³/mol. The molecule has 0 spiro atoms. The summed E-state index contributed by atoms with van der Waals surface area (Å²) in [4.78, 5) is 24.4. The topological polar surface area (TPSA) is 92.9 Å². The van der Waals surface area contributed by atoms with E-state index in [-0.39, 0.29) is 18.4 Å². The first kappa shape index (κ1) is 13.9. The van der Waals surface area contributed by atoms with E-state index in [0.29, 0.717) is 13.2 Å². The molecule has 0 aromatic heterocycles. The van der Waals surface area contributed by atoms with Crippen molar-refractivity contribution in [2.75, 3.05) is 19.8 Å².